The summed E-state index contributed by atoms with van der Waals surface area (Å²) >= 11 is 0. The maximum absolute atomic E-state index is 12.2. The van der Waals surface area contributed by atoms with Crippen LogP contribution in [0.5, 0.6) is 0 Å². The summed E-state index contributed by atoms with van der Waals surface area (Å²) in [4.78, 5) is 36.6. The molecule has 22 heavy (non-hydrogen) atoms. The van der Waals surface area contributed by atoms with Crippen molar-refractivity contribution >= 4 is 23.4 Å². The molecule has 0 aliphatic heterocycles. The van der Waals surface area contributed by atoms with Gasteiger partial charge in [-0.15, -0.1) is 0 Å². The Bertz CT molecular complexity index is 548. The Hall–Kier alpha value is -2.21. The number of anilines is 1. The van der Waals surface area contributed by atoms with Crippen LogP contribution in [-0.4, -0.2) is 35.7 Å². The number of hydrogen-bond donors (Lipinski definition) is 2. The van der Waals surface area contributed by atoms with E-state index in [9.17, 15) is 14.4 Å². The maximum Gasteiger partial charge on any atom is 0.318 e. The summed E-state index contributed by atoms with van der Waals surface area (Å²) in [6, 6.07) is 5.73. The third-order valence-corrected chi connectivity index (χ3v) is 3.41. The first-order chi connectivity index (χ1) is 10.5. The fraction of sp³-hybridized carbons (Fsp3) is 0.438. The van der Waals surface area contributed by atoms with Gasteiger partial charge in [0.2, 0.25) is 5.91 Å². The van der Waals surface area contributed by atoms with Crippen molar-refractivity contribution in [3.05, 3.63) is 29.3 Å². The molecule has 0 spiro atoms. The molecule has 0 aromatic heterocycles. The van der Waals surface area contributed by atoms with Gasteiger partial charge in [-0.3, -0.25) is 19.3 Å². The van der Waals surface area contributed by atoms with E-state index in [2.05, 4.69) is 5.32 Å². The Morgan fingerprint density at radius 2 is 1.68 bits per heavy atom. The van der Waals surface area contributed by atoms with Crippen molar-refractivity contribution in [3.63, 3.8) is 0 Å². The SMILES string of the molecule is CCc1cccc(CC)c1NC(=O)C(=O)N(CCN)C(C)=O. The van der Waals surface area contributed by atoms with Crippen molar-refractivity contribution in [1.29, 1.82) is 0 Å². The van der Waals surface area contributed by atoms with Crippen molar-refractivity contribution in [3.8, 4) is 0 Å². The van der Waals surface area contributed by atoms with Gasteiger partial charge in [0.25, 0.3) is 0 Å². The molecule has 0 bridgehead atoms. The molecule has 0 aliphatic carbocycles. The van der Waals surface area contributed by atoms with E-state index < -0.39 is 17.7 Å². The molecule has 0 aliphatic rings. The van der Waals surface area contributed by atoms with Gasteiger partial charge in [0.1, 0.15) is 0 Å². The van der Waals surface area contributed by atoms with E-state index in [0.29, 0.717) is 5.69 Å². The number of para-hydroxylation sites is 1. The van der Waals surface area contributed by atoms with Crippen molar-refractivity contribution in [2.75, 3.05) is 18.4 Å². The number of carbonyl (C=O) groups is 3. The predicted octanol–water partition coefficient (Wildman–Crippen LogP) is 1.08. The van der Waals surface area contributed by atoms with Crippen molar-refractivity contribution in [2.24, 2.45) is 5.73 Å². The molecule has 0 radical (unpaired) electrons. The van der Waals surface area contributed by atoms with Crippen LogP contribution < -0.4 is 11.1 Å². The summed E-state index contributed by atoms with van der Waals surface area (Å²) in [7, 11) is 0. The Balaban J connectivity index is 3.01. The normalized spacial score (nSPS) is 10.2. The molecule has 1 aromatic carbocycles. The van der Waals surface area contributed by atoms with E-state index >= 15 is 0 Å². The van der Waals surface area contributed by atoms with E-state index in [1.165, 1.54) is 6.92 Å². The lowest BCUT2D eigenvalue weighted by atomic mass is 10.0. The zero-order chi connectivity index (χ0) is 16.7. The molecular weight excluding hydrogens is 282 g/mol. The van der Waals surface area contributed by atoms with Crippen LogP contribution in [-0.2, 0) is 27.2 Å². The van der Waals surface area contributed by atoms with Crippen LogP contribution in [0.25, 0.3) is 0 Å². The molecule has 0 heterocycles. The van der Waals surface area contributed by atoms with E-state index in [1.807, 2.05) is 32.0 Å². The predicted molar refractivity (Wildman–Crippen MR) is 85.3 cm³/mol. The van der Waals surface area contributed by atoms with E-state index in [0.717, 1.165) is 28.9 Å². The number of rotatable bonds is 5. The number of imide groups is 1. The molecule has 0 saturated carbocycles. The minimum absolute atomic E-state index is 0.0254. The number of aryl methyl sites for hydroxylation is 2. The van der Waals surface area contributed by atoms with Crippen LogP contribution >= 0.6 is 0 Å². The second-order valence-corrected chi connectivity index (χ2v) is 4.88. The third kappa shape index (κ3) is 4.14. The summed E-state index contributed by atoms with van der Waals surface area (Å²) in [6.07, 6.45) is 1.47. The average Bonchev–Trinajstić information content (AvgIpc) is 2.51. The highest BCUT2D eigenvalue weighted by molar-refractivity contribution is 6.41. The summed E-state index contributed by atoms with van der Waals surface area (Å²) < 4.78 is 0. The summed E-state index contributed by atoms with van der Waals surface area (Å²) in [5.41, 5.74) is 7.93. The molecule has 0 unspecified atom stereocenters. The molecule has 0 saturated heterocycles. The topological polar surface area (TPSA) is 92.5 Å². The molecule has 120 valence electrons. The summed E-state index contributed by atoms with van der Waals surface area (Å²) in [5, 5.41) is 2.65. The molecular formula is C16H23N3O3. The molecule has 6 nitrogen and oxygen atoms in total. The quantitative estimate of drug-likeness (QED) is 0.796. The molecule has 1 aromatic rings. The molecule has 3 amide bonds. The van der Waals surface area contributed by atoms with E-state index in [4.69, 9.17) is 5.73 Å². The lowest BCUT2D eigenvalue weighted by molar-refractivity contribution is -0.149. The maximum atomic E-state index is 12.2. The molecule has 1 rings (SSSR count). The first-order valence-corrected chi connectivity index (χ1v) is 7.40. The molecule has 0 fully saturated rings. The van der Waals surface area contributed by atoms with Gasteiger partial charge in [0.05, 0.1) is 0 Å². The number of nitrogens with zero attached hydrogens (tertiary/aromatic N) is 1. The van der Waals surface area contributed by atoms with Gasteiger partial charge in [-0.05, 0) is 24.0 Å². The second kappa shape index (κ2) is 8.29. The van der Waals surface area contributed by atoms with Gasteiger partial charge in [0.15, 0.2) is 0 Å². The van der Waals surface area contributed by atoms with Gasteiger partial charge < -0.3 is 11.1 Å². The summed E-state index contributed by atoms with van der Waals surface area (Å²) in [5.74, 6) is -2.20. The van der Waals surface area contributed by atoms with Crippen LogP contribution in [0.1, 0.15) is 31.9 Å². The minimum atomic E-state index is -0.883. The zero-order valence-corrected chi connectivity index (χ0v) is 13.3. The zero-order valence-electron chi connectivity index (χ0n) is 13.3. The first kappa shape index (κ1) is 17.8. The Labute approximate surface area is 130 Å². The van der Waals surface area contributed by atoms with Crippen molar-refractivity contribution in [2.45, 2.75) is 33.6 Å². The van der Waals surface area contributed by atoms with Crippen LogP contribution in [0.4, 0.5) is 5.69 Å². The number of nitrogens with two attached hydrogens (primary N) is 1. The standard InChI is InChI=1S/C16H23N3O3/c1-4-12-7-6-8-13(5-2)14(12)18-15(21)16(22)19(10-9-17)11(3)20/h6-8H,4-5,9-10,17H2,1-3H3,(H,18,21). The number of amides is 3. The monoisotopic (exact) mass is 305 g/mol. The fourth-order valence-electron chi connectivity index (χ4n) is 2.22. The Morgan fingerprint density at radius 1 is 1.14 bits per heavy atom. The minimum Gasteiger partial charge on any atom is -0.329 e. The van der Waals surface area contributed by atoms with E-state index in [-0.39, 0.29) is 13.1 Å². The summed E-state index contributed by atoms with van der Waals surface area (Å²) in [6.45, 7) is 5.32. The van der Waals surface area contributed by atoms with Crippen LogP contribution in [0.3, 0.4) is 0 Å². The van der Waals surface area contributed by atoms with Crippen LogP contribution in [0, 0.1) is 0 Å². The molecule has 3 N–H and O–H groups in total. The number of nitrogens with one attached hydrogen (secondary N) is 1. The highest BCUT2D eigenvalue weighted by atomic mass is 16.2. The Kier molecular flexibility index (Phi) is 6.72. The highest BCUT2D eigenvalue weighted by Crippen LogP contribution is 2.22. The average molecular weight is 305 g/mol. The van der Waals surface area contributed by atoms with Gasteiger partial charge in [-0.2, -0.15) is 0 Å². The fourth-order valence-corrected chi connectivity index (χ4v) is 2.22. The Morgan fingerprint density at radius 3 is 2.09 bits per heavy atom. The highest BCUT2D eigenvalue weighted by Gasteiger charge is 2.25. The first-order valence-electron chi connectivity index (χ1n) is 7.40. The van der Waals surface area contributed by atoms with Gasteiger partial charge in [-0.25, -0.2) is 0 Å². The third-order valence-electron chi connectivity index (χ3n) is 3.41. The number of benzene rings is 1. The smallest absolute Gasteiger partial charge is 0.318 e. The van der Waals surface area contributed by atoms with Crippen molar-refractivity contribution in [1.82, 2.24) is 4.90 Å². The second-order valence-electron chi connectivity index (χ2n) is 4.88. The van der Waals surface area contributed by atoms with Gasteiger partial charge >= 0.3 is 11.8 Å². The van der Waals surface area contributed by atoms with E-state index in [1.54, 1.807) is 0 Å². The molecule has 6 heteroatoms. The largest absolute Gasteiger partial charge is 0.329 e. The number of hydrogen-bond acceptors (Lipinski definition) is 4. The lowest BCUT2D eigenvalue weighted by Crippen LogP contribution is -2.45. The molecule has 0 atom stereocenters. The van der Waals surface area contributed by atoms with Crippen LogP contribution in [0.2, 0.25) is 0 Å². The lowest BCUT2D eigenvalue weighted by Gasteiger charge is -2.19. The van der Waals surface area contributed by atoms with Gasteiger partial charge in [-0.1, -0.05) is 32.0 Å². The van der Waals surface area contributed by atoms with Crippen LogP contribution in [0.15, 0.2) is 18.2 Å². The number of carbonyl (C=O) groups excluding carboxylic acids is 3. The van der Waals surface area contributed by atoms with Crippen molar-refractivity contribution < 1.29 is 14.4 Å². The van der Waals surface area contributed by atoms with Gasteiger partial charge in [0, 0.05) is 25.7 Å².